The van der Waals surface area contributed by atoms with E-state index in [0.717, 1.165) is 6.07 Å². The van der Waals surface area contributed by atoms with Gasteiger partial charge in [0.1, 0.15) is 5.82 Å². The number of rotatable bonds is 4. The molecule has 2 N–H and O–H groups in total. The average molecular weight is 267 g/mol. The molecule has 0 heterocycles. The van der Waals surface area contributed by atoms with Gasteiger partial charge < -0.3 is 10.7 Å². The average Bonchev–Trinajstić information content (AvgIpc) is 2.27. The van der Waals surface area contributed by atoms with Crippen molar-refractivity contribution in [3.63, 3.8) is 0 Å². The Hall–Kier alpha value is -1.94. The summed E-state index contributed by atoms with van der Waals surface area (Å²) in [5.74, 6) is -0.897. The van der Waals surface area contributed by atoms with Crippen LogP contribution in [0.5, 0.6) is 0 Å². The fourth-order valence-corrected chi connectivity index (χ4v) is 1.39. The van der Waals surface area contributed by atoms with Crippen molar-refractivity contribution in [2.45, 2.75) is 6.92 Å². The maximum Gasteiger partial charge on any atom is 0.255 e. The fourth-order valence-electron chi connectivity index (χ4n) is 1.16. The minimum absolute atomic E-state index is 0.225. The third-order valence-electron chi connectivity index (χ3n) is 1.90. The molecule has 0 atom stereocenters. The van der Waals surface area contributed by atoms with E-state index in [-0.39, 0.29) is 5.56 Å². The smallest absolute Gasteiger partial charge is 0.255 e. The summed E-state index contributed by atoms with van der Waals surface area (Å²) in [6.45, 7) is 1.58. The summed E-state index contributed by atoms with van der Waals surface area (Å²) < 4.78 is 12.9. The minimum Gasteiger partial charge on any atom is -0.329 e. The lowest BCUT2D eigenvalue weighted by atomic mass is 10.2. The number of hydrogen-bond acceptors (Lipinski definition) is 2. The normalized spacial score (nSPS) is 11.6. The highest BCUT2D eigenvalue weighted by atomic mass is 35.5. The topological polar surface area (TPSA) is 53.0 Å². The molecule has 1 amide bonds. The lowest BCUT2D eigenvalue weighted by Gasteiger charge is -1.99. The molecule has 3 nitrogen and oxygen atoms in total. The Labute approximate surface area is 109 Å². The molecule has 0 aromatic heterocycles. The van der Waals surface area contributed by atoms with E-state index in [1.807, 2.05) is 0 Å². The molecule has 0 saturated carbocycles. The number of amides is 1. The van der Waals surface area contributed by atoms with Crippen molar-refractivity contribution in [3.05, 3.63) is 59.0 Å². The number of halogens is 2. The highest BCUT2D eigenvalue weighted by Crippen LogP contribution is 2.04. The number of carbonyl (C=O) groups is 1. The van der Waals surface area contributed by atoms with E-state index in [2.05, 4.69) is 5.32 Å². The van der Waals surface area contributed by atoms with Gasteiger partial charge in [-0.2, -0.15) is 0 Å². The van der Waals surface area contributed by atoms with Crippen LogP contribution in [0.3, 0.4) is 0 Å². The summed E-state index contributed by atoms with van der Waals surface area (Å²) in [4.78, 5) is 11.6. The fraction of sp³-hybridized carbons (Fsp3) is 0.0769. The standard InChI is InChI=1S/C13H12ClFN2O/c1-9(16)7-11(14)5-6-17-13(18)10-3-2-4-12(15)8-10/h2-8,16H,1H3,(H,17,18). The third-order valence-corrected chi connectivity index (χ3v) is 2.13. The first-order valence-corrected chi connectivity index (χ1v) is 5.52. The van der Waals surface area contributed by atoms with Crippen LogP contribution in [0.25, 0.3) is 0 Å². The highest BCUT2D eigenvalue weighted by molar-refractivity contribution is 6.32. The van der Waals surface area contributed by atoms with Gasteiger partial charge in [0.05, 0.1) is 0 Å². The Kier molecular flexibility index (Phi) is 5.27. The number of benzene rings is 1. The molecule has 0 fully saturated rings. The molecule has 1 rings (SSSR count). The van der Waals surface area contributed by atoms with Crippen molar-refractivity contribution in [1.82, 2.24) is 5.32 Å². The Morgan fingerprint density at radius 1 is 1.50 bits per heavy atom. The van der Waals surface area contributed by atoms with E-state index in [1.165, 1.54) is 36.6 Å². The zero-order chi connectivity index (χ0) is 13.5. The quantitative estimate of drug-likeness (QED) is 0.638. The van der Waals surface area contributed by atoms with Gasteiger partial charge >= 0.3 is 0 Å². The molecular formula is C13H12ClFN2O. The Bertz CT molecular complexity index is 523. The van der Waals surface area contributed by atoms with Crippen molar-refractivity contribution in [3.8, 4) is 0 Å². The molecule has 5 heteroatoms. The Morgan fingerprint density at radius 3 is 2.83 bits per heavy atom. The summed E-state index contributed by atoms with van der Waals surface area (Å²) in [6.07, 6.45) is 4.22. The molecule has 0 unspecified atom stereocenters. The SMILES string of the molecule is CC(=N)C=C(Cl)C=CNC(=O)c1cccc(F)c1. The van der Waals surface area contributed by atoms with Crippen molar-refractivity contribution in [2.24, 2.45) is 0 Å². The maximum absolute atomic E-state index is 12.9. The molecule has 0 bridgehead atoms. The van der Waals surface area contributed by atoms with Crippen LogP contribution >= 0.6 is 11.6 Å². The van der Waals surface area contributed by atoms with Gasteiger partial charge in [-0.15, -0.1) is 0 Å². The van der Waals surface area contributed by atoms with Crippen LogP contribution in [0.1, 0.15) is 17.3 Å². The second-order valence-electron chi connectivity index (χ2n) is 3.53. The molecule has 0 spiro atoms. The van der Waals surface area contributed by atoms with Crippen LogP contribution in [0.4, 0.5) is 4.39 Å². The third kappa shape index (κ3) is 4.93. The molecule has 18 heavy (non-hydrogen) atoms. The molecule has 0 aliphatic heterocycles. The highest BCUT2D eigenvalue weighted by Gasteiger charge is 2.03. The van der Waals surface area contributed by atoms with Gasteiger partial charge in [-0.3, -0.25) is 4.79 Å². The van der Waals surface area contributed by atoms with Crippen molar-refractivity contribution >= 4 is 23.2 Å². The molecule has 94 valence electrons. The predicted octanol–water partition coefficient (Wildman–Crippen LogP) is 3.23. The molecular weight excluding hydrogens is 255 g/mol. The summed E-state index contributed by atoms with van der Waals surface area (Å²) in [7, 11) is 0. The van der Waals surface area contributed by atoms with Crippen LogP contribution in [-0.2, 0) is 0 Å². The van der Waals surface area contributed by atoms with Gasteiger partial charge in [0, 0.05) is 22.5 Å². The van der Waals surface area contributed by atoms with Gasteiger partial charge in [-0.1, -0.05) is 17.7 Å². The monoisotopic (exact) mass is 266 g/mol. The first-order chi connectivity index (χ1) is 8.49. The number of allylic oxidation sites excluding steroid dienone is 3. The van der Waals surface area contributed by atoms with Gasteiger partial charge in [0.15, 0.2) is 0 Å². The zero-order valence-electron chi connectivity index (χ0n) is 9.71. The van der Waals surface area contributed by atoms with Gasteiger partial charge in [0.2, 0.25) is 0 Å². The largest absolute Gasteiger partial charge is 0.329 e. The van der Waals surface area contributed by atoms with E-state index < -0.39 is 11.7 Å². The van der Waals surface area contributed by atoms with Crippen LogP contribution < -0.4 is 5.32 Å². The lowest BCUT2D eigenvalue weighted by Crippen LogP contribution is -2.17. The minimum atomic E-state index is -0.469. The molecule has 0 radical (unpaired) electrons. The Morgan fingerprint density at radius 2 is 2.22 bits per heavy atom. The van der Waals surface area contributed by atoms with Crippen LogP contribution in [0.2, 0.25) is 0 Å². The van der Waals surface area contributed by atoms with Gasteiger partial charge in [-0.25, -0.2) is 4.39 Å². The van der Waals surface area contributed by atoms with Crippen molar-refractivity contribution in [1.29, 1.82) is 5.41 Å². The second-order valence-corrected chi connectivity index (χ2v) is 3.97. The van der Waals surface area contributed by atoms with E-state index in [9.17, 15) is 9.18 Å². The molecule has 1 aromatic carbocycles. The second kappa shape index (κ2) is 6.71. The summed E-state index contributed by atoms with van der Waals surface area (Å²) in [6, 6.07) is 5.37. The van der Waals surface area contributed by atoms with E-state index in [4.69, 9.17) is 17.0 Å². The molecule has 0 saturated heterocycles. The first kappa shape index (κ1) is 14.1. The zero-order valence-corrected chi connectivity index (χ0v) is 10.5. The van der Waals surface area contributed by atoms with Crippen molar-refractivity contribution in [2.75, 3.05) is 0 Å². The predicted molar refractivity (Wildman–Crippen MR) is 70.3 cm³/mol. The molecule has 1 aromatic rings. The van der Waals surface area contributed by atoms with E-state index in [0.29, 0.717) is 10.7 Å². The molecule has 0 aliphatic carbocycles. The number of carbonyl (C=O) groups excluding carboxylic acids is 1. The van der Waals surface area contributed by atoms with Crippen molar-refractivity contribution < 1.29 is 9.18 Å². The Balaban J connectivity index is 2.62. The number of hydrogen-bond donors (Lipinski definition) is 2. The van der Waals surface area contributed by atoms with Gasteiger partial charge in [-0.05, 0) is 37.3 Å². The van der Waals surface area contributed by atoms with Crippen LogP contribution in [0.15, 0.2) is 47.6 Å². The first-order valence-electron chi connectivity index (χ1n) is 5.14. The summed E-state index contributed by atoms with van der Waals surface area (Å²) >= 11 is 5.75. The lowest BCUT2D eigenvalue weighted by molar-refractivity contribution is 0.0969. The number of nitrogens with one attached hydrogen (secondary N) is 2. The van der Waals surface area contributed by atoms with Gasteiger partial charge in [0.25, 0.3) is 5.91 Å². The maximum atomic E-state index is 12.9. The summed E-state index contributed by atoms with van der Waals surface area (Å²) in [5, 5.41) is 9.95. The molecule has 0 aliphatic rings. The van der Waals surface area contributed by atoms with Crippen LogP contribution in [-0.4, -0.2) is 11.6 Å². The van der Waals surface area contributed by atoms with E-state index >= 15 is 0 Å². The van der Waals surface area contributed by atoms with Crippen LogP contribution in [0, 0.1) is 11.2 Å². The van der Waals surface area contributed by atoms with E-state index in [1.54, 1.807) is 6.92 Å². The summed E-state index contributed by atoms with van der Waals surface area (Å²) in [5.41, 5.74) is 0.532.